The zero-order valence-corrected chi connectivity index (χ0v) is 7.92. The molecule has 0 saturated carbocycles. The monoisotopic (exact) mass is 154 g/mol. The first-order valence-electron chi connectivity index (χ1n) is 4.38. The van der Waals surface area contributed by atoms with Gasteiger partial charge in [-0.25, -0.2) is 0 Å². The second-order valence-electron chi connectivity index (χ2n) is 4.30. The number of ether oxygens (including phenoxy) is 1. The average molecular weight is 154 g/mol. The Morgan fingerprint density at radius 3 is 2.36 bits per heavy atom. The summed E-state index contributed by atoms with van der Waals surface area (Å²) in [5, 5.41) is 0. The fourth-order valence-corrected chi connectivity index (χ4v) is 1.64. The highest BCUT2D eigenvalue weighted by molar-refractivity contribution is 5.00. The minimum absolute atomic E-state index is 0.341. The van der Waals surface area contributed by atoms with E-state index in [1.807, 2.05) is 6.26 Å². The van der Waals surface area contributed by atoms with Crippen LogP contribution in [-0.4, -0.2) is 6.10 Å². The summed E-state index contributed by atoms with van der Waals surface area (Å²) in [7, 11) is 0. The van der Waals surface area contributed by atoms with Crippen molar-refractivity contribution in [3.05, 3.63) is 12.3 Å². The first-order chi connectivity index (χ1) is 5.05. The van der Waals surface area contributed by atoms with Crippen molar-refractivity contribution in [2.75, 3.05) is 0 Å². The van der Waals surface area contributed by atoms with Crippen molar-refractivity contribution in [1.82, 2.24) is 0 Å². The fourth-order valence-electron chi connectivity index (χ4n) is 1.64. The molecule has 0 saturated heterocycles. The molecule has 1 heterocycles. The molecule has 0 N–H and O–H groups in total. The van der Waals surface area contributed by atoms with E-state index in [1.165, 1.54) is 0 Å². The second-order valence-corrected chi connectivity index (χ2v) is 4.30. The third-order valence-electron chi connectivity index (χ3n) is 2.34. The van der Waals surface area contributed by atoms with E-state index in [4.69, 9.17) is 4.74 Å². The molecule has 1 aliphatic rings. The third-order valence-corrected chi connectivity index (χ3v) is 2.34. The van der Waals surface area contributed by atoms with Gasteiger partial charge in [0.15, 0.2) is 0 Å². The maximum absolute atomic E-state index is 5.46. The molecule has 11 heavy (non-hydrogen) atoms. The Morgan fingerprint density at radius 1 is 1.36 bits per heavy atom. The molecule has 0 aromatic heterocycles. The summed E-state index contributed by atoms with van der Waals surface area (Å²) in [6.07, 6.45) is 5.56. The van der Waals surface area contributed by atoms with E-state index in [0.29, 0.717) is 17.4 Å². The minimum Gasteiger partial charge on any atom is -0.498 e. The molecule has 1 heteroatoms. The Kier molecular flexibility index (Phi) is 2.26. The van der Waals surface area contributed by atoms with Crippen molar-refractivity contribution < 1.29 is 4.74 Å². The Morgan fingerprint density at radius 2 is 2.00 bits per heavy atom. The van der Waals surface area contributed by atoms with E-state index >= 15 is 0 Å². The lowest BCUT2D eigenvalue weighted by atomic mass is 9.77. The van der Waals surface area contributed by atoms with Gasteiger partial charge < -0.3 is 4.74 Å². The molecular formula is C10H18O. The topological polar surface area (TPSA) is 9.23 Å². The number of hydrogen-bond acceptors (Lipinski definition) is 1. The van der Waals surface area contributed by atoms with E-state index in [9.17, 15) is 0 Å². The van der Waals surface area contributed by atoms with Crippen molar-refractivity contribution in [3.63, 3.8) is 0 Å². The summed E-state index contributed by atoms with van der Waals surface area (Å²) in [5.74, 6) is 0.590. The van der Waals surface area contributed by atoms with Crippen molar-refractivity contribution in [2.24, 2.45) is 11.3 Å². The van der Waals surface area contributed by atoms with E-state index in [-0.39, 0.29) is 0 Å². The van der Waals surface area contributed by atoms with Crippen molar-refractivity contribution in [3.8, 4) is 0 Å². The Bertz CT molecular complexity index is 153. The van der Waals surface area contributed by atoms with Gasteiger partial charge in [0.25, 0.3) is 0 Å². The van der Waals surface area contributed by atoms with Crippen LogP contribution in [0.4, 0.5) is 0 Å². The van der Waals surface area contributed by atoms with Crippen LogP contribution in [0.3, 0.4) is 0 Å². The zero-order chi connectivity index (χ0) is 8.48. The molecule has 0 aliphatic carbocycles. The van der Waals surface area contributed by atoms with Crippen LogP contribution >= 0.6 is 0 Å². The molecule has 0 aromatic rings. The Labute approximate surface area is 69.4 Å². The first kappa shape index (κ1) is 8.63. The quantitative estimate of drug-likeness (QED) is 0.564. The molecule has 1 nitrogen and oxygen atoms in total. The highest BCUT2D eigenvalue weighted by Crippen LogP contribution is 2.35. The van der Waals surface area contributed by atoms with Gasteiger partial charge in [-0.05, 0) is 17.9 Å². The first-order valence-corrected chi connectivity index (χ1v) is 4.38. The SMILES string of the molecule is CCC1OC=CC1C(C)(C)C. The summed E-state index contributed by atoms with van der Waals surface area (Å²) in [6, 6.07) is 0. The average Bonchev–Trinajstić information content (AvgIpc) is 2.31. The zero-order valence-electron chi connectivity index (χ0n) is 7.92. The predicted octanol–water partition coefficient (Wildman–Crippen LogP) is 2.97. The highest BCUT2D eigenvalue weighted by atomic mass is 16.5. The van der Waals surface area contributed by atoms with E-state index in [2.05, 4.69) is 33.8 Å². The Hall–Kier alpha value is -0.460. The summed E-state index contributed by atoms with van der Waals surface area (Å²) in [4.78, 5) is 0. The van der Waals surface area contributed by atoms with Crippen LogP contribution in [0.25, 0.3) is 0 Å². The third kappa shape index (κ3) is 1.76. The van der Waals surface area contributed by atoms with Crippen LogP contribution in [0.1, 0.15) is 34.1 Å². The molecule has 2 atom stereocenters. The molecule has 64 valence electrons. The van der Waals surface area contributed by atoms with Crippen LogP contribution < -0.4 is 0 Å². The molecule has 0 aromatic carbocycles. The molecule has 0 fully saturated rings. The molecule has 1 aliphatic heterocycles. The smallest absolute Gasteiger partial charge is 0.104 e. The van der Waals surface area contributed by atoms with Gasteiger partial charge >= 0.3 is 0 Å². The van der Waals surface area contributed by atoms with Crippen LogP contribution in [-0.2, 0) is 4.74 Å². The second kappa shape index (κ2) is 2.88. The Balaban J connectivity index is 2.63. The van der Waals surface area contributed by atoms with Gasteiger partial charge in [-0.2, -0.15) is 0 Å². The number of rotatable bonds is 1. The fraction of sp³-hybridized carbons (Fsp3) is 0.800. The molecule has 0 radical (unpaired) electrons. The summed E-state index contributed by atoms with van der Waals surface area (Å²) < 4.78 is 5.46. The molecule has 0 amide bonds. The largest absolute Gasteiger partial charge is 0.498 e. The van der Waals surface area contributed by atoms with Gasteiger partial charge in [0.05, 0.1) is 6.26 Å². The summed E-state index contributed by atoms with van der Waals surface area (Å²) in [5.41, 5.74) is 0.341. The van der Waals surface area contributed by atoms with E-state index in [0.717, 1.165) is 6.42 Å². The van der Waals surface area contributed by atoms with Crippen LogP contribution in [0.5, 0.6) is 0 Å². The van der Waals surface area contributed by atoms with E-state index in [1.54, 1.807) is 0 Å². The molecular weight excluding hydrogens is 136 g/mol. The molecule has 0 spiro atoms. The van der Waals surface area contributed by atoms with Gasteiger partial charge in [-0.15, -0.1) is 0 Å². The summed E-state index contributed by atoms with van der Waals surface area (Å²) in [6.45, 7) is 8.97. The van der Waals surface area contributed by atoms with Crippen molar-refractivity contribution in [1.29, 1.82) is 0 Å². The van der Waals surface area contributed by atoms with Gasteiger partial charge in [0.1, 0.15) is 6.10 Å². The lowest BCUT2D eigenvalue weighted by Crippen LogP contribution is -2.28. The van der Waals surface area contributed by atoms with Gasteiger partial charge in [0.2, 0.25) is 0 Å². The molecule has 1 rings (SSSR count). The maximum Gasteiger partial charge on any atom is 0.104 e. The van der Waals surface area contributed by atoms with Crippen molar-refractivity contribution in [2.45, 2.75) is 40.2 Å². The van der Waals surface area contributed by atoms with Gasteiger partial charge in [0, 0.05) is 5.92 Å². The van der Waals surface area contributed by atoms with Gasteiger partial charge in [-0.1, -0.05) is 27.7 Å². The van der Waals surface area contributed by atoms with E-state index < -0.39 is 0 Å². The highest BCUT2D eigenvalue weighted by Gasteiger charge is 2.32. The lowest BCUT2D eigenvalue weighted by Gasteiger charge is -2.29. The van der Waals surface area contributed by atoms with Crippen LogP contribution in [0.15, 0.2) is 12.3 Å². The van der Waals surface area contributed by atoms with Crippen LogP contribution in [0.2, 0.25) is 0 Å². The lowest BCUT2D eigenvalue weighted by molar-refractivity contribution is 0.0819. The molecule has 0 bridgehead atoms. The maximum atomic E-state index is 5.46. The summed E-state index contributed by atoms with van der Waals surface area (Å²) >= 11 is 0. The van der Waals surface area contributed by atoms with Crippen LogP contribution in [0, 0.1) is 11.3 Å². The molecule has 2 unspecified atom stereocenters. The predicted molar refractivity (Wildman–Crippen MR) is 47.2 cm³/mol. The van der Waals surface area contributed by atoms with Gasteiger partial charge in [-0.3, -0.25) is 0 Å². The normalized spacial score (nSPS) is 30.5. The standard InChI is InChI=1S/C10H18O/c1-5-9-8(6-7-11-9)10(2,3)4/h6-9H,5H2,1-4H3. The number of hydrogen-bond donors (Lipinski definition) is 0. The minimum atomic E-state index is 0.341. The van der Waals surface area contributed by atoms with Crippen molar-refractivity contribution >= 4 is 0 Å².